The Hall–Kier alpha value is -5.26. The molecule has 0 radical (unpaired) electrons. The van der Waals surface area contributed by atoms with Gasteiger partial charge in [0.25, 0.3) is 0 Å². The highest BCUT2D eigenvalue weighted by atomic mass is 19.4. The van der Waals surface area contributed by atoms with Gasteiger partial charge in [-0.3, -0.25) is 4.90 Å². The summed E-state index contributed by atoms with van der Waals surface area (Å²) in [7, 11) is 0. The number of anilines is 1. The van der Waals surface area contributed by atoms with Crippen LogP contribution in [0.4, 0.5) is 49.6 Å². The molecule has 3 aromatic carbocycles. The lowest BCUT2D eigenvalue weighted by atomic mass is 9.99. The second-order valence-corrected chi connectivity index (χ2v) is 11.2. The number of aromatic amines is 1. The number of H-pyrrole nitrogens is 1. The van der Waals surface area contributed by atoms with E-state index in [1.165, 1.54) is 0 Å². The molecule has 0 aliphatic carbocycles. The highest BCUT2D eigenvalue weighted by Crippen LogP contribution is 2.44. The first kappa shape index (κ1) is 34.6. The zero-order chi connectivity index (χ0) is 36.2. The number of hydrogen-bond donors (Lipinski definition) is 1. The molecule has 1 aliphatic rings. The predicted octanol–water partition coefficient (Wildman–Crippen LogP) is 7.25. The van der Waals surface area contributed by atoms with Crippen molar-refractivity contribution in [2.24, 2.45) is 0 Å². The molecule has 0 atom stereocenters. The van der Waals surface area contributed by atoms with E-state index >= 15 is 4.39 Å². The van der Waals surface area contributed by atoms with Crippen LogP contribution in [0.1, 0.15) is 11.3 Å². The number of halogens is 10. The number of hydrogen-bond acceptors (Lipinski definition) is 6. The summed E-state index contributed by atoms with van der Waals surface area (Å²) in [6.45, 7) is 0.794. The standard InChI is InChI=1S/C32H22F10N4O4/c33-20-8-9-23-26(27(20)49-28(47)31(37,38)39)25(17-4-6-18(7-5-17)30(34,35)36)24(46(23)50-29(48)32(40,41)42)16-44-12-14-45(15-13-44)22-3-1-2-21-19(22)10-11-43-21/h1-11,43H,12-16H2. The van der Waals surface area contributed by atoms with Gasteiger partial charge in [-0.15, -0.1) is 0 Å². The molecule has 8 nitrogen and oxygen atoms in total. The zero-order valence-electron chi connectivity index (χ0n) is 25.1. The number of rotatable bonds is 6. The molecule has 6 rings (SSSR count). The van der Waals surface area contributed by atoms with Crippen LogP contribution in [0.25, 0.3) is 32.9 Å². The molecule has 0 bridgehead atoms. The molecule has 0 amide bonds. The number of nitrogens with zero attached hydrogens (tertiary/aromatic N) is 3. The SMILES string of the molecule is O=C(Oc1c(F)ccc2c1c(-c1ccc(C(F)(F)F)cc1)c(CN1CCN(c3cccc4[nH]ccc34)CC1)n2OC(=O)C(F)(F)F)C(F)(F)F. The minimum atomic E-state index is -5.65. The lowest BCUT2D eigenvalue weighted by molar-refractivity contribution is -0.199. The summed E-state index contributed by atoms with van der Waals surface area (Å²) in [6, 6.07) is 11.6. The van der Waals surface area contributed by atoms with Crippen LogP contribution < -0.4 is 14.5 Å². The third-order valence-corrected chi connectivity index (χ3v) is 8.08. The summed E-state index contributed by atoms with van der Waals surface area (Å²) < 4.78 is 140. The fraction of sp³-hybridized carbons (Fsp3) is 0.250. The number of carbonyl (C=O) groups excluding carboxylic acids is 2. The lowest BCUT2D eigenvalue weighted by Crippen LogP contribution is -2.46. The molecular formula is C32H22F10N4O4. The maximum Gasteiger partial charge on any atom is 0.493 e. The fourth-order valence-electron chi connectivity index (χ4n) is 5.82. The van der Waals surface area contributed by atoms with Crippen molar-refractivity contribution >= 4 is 39.4 Å². The van der Waals surface area contributed by atoms with Gasteiger partial charge in [-0.25, -0.2) is 14.0 Å². The summed E-state index contributed by atoms with van der Waals surface area (Å²) in [5, 5.41) is 0.165. The third-order valence-electron chi connectivity index (χ3n) is 8.08. The molecule has 0 saturated carbocycles. The van der Waals surface area contributed by atoms with Crippen LogP contribution in [0.2, 0.25) is 0 Å². The van der Waals surface area contributed by atoms with Crippen molar-refractivity contribution in [3.05, 3.63) is 83.9 Å². The van der Waals surface area contributed by atoms with Gasteiger partial charge in [0.1, 0.15) is 0 Å². The highest BCUT2D eigenvalue weighted by molar-refractivity contribution is 6.03. The number of benzene rings is 3. The Labute approximate surface area is 274 Å². The van der Waals surface area contributed by atoms with Crippen LogP contribution in [-0.4, -0.2) is 65.1 Å². The Bertz CT molecular complexity index is 2070. The molecule has 1 N–H and O–H groups in total. The Balaban J connectivity index is 1.49. The first-order valence-electron chi connectivity index (χ1n) is 14.6. The maximum atomic E-state index is 15.2. The minimum absolute atomic E-state index is 0.228. The van der Waals surface area contributed by atoms with Crippen molar-refractivity contribution in [1.29, 1.82) is 0 Å². The molecule has 0 unspecified atom stereocenters. The summed E-state index contributed by atoms with van der Waals surface area (Å²) in [6.07, 6.45) is -14.3. The third kappa shape index (κ3) is 6.66. The molecule has 264 valence electrons. The number of esters is 1. The van der Waals surface area contributed by atoms with Crippen LogP contribution in [-0.2, 0) is 22.3 Å². The normalized spacial score (nSPS) is 14.8. The lowest BCUT2D eigenvalue weighted by Gasteiger charge is -2.36. The molecular weight excluding hydrogens is 694 g/mol. The number of alkyl halides is 9. The van der Waals surface area contributed by atoms with Gasteiger partial charge in [0.2, 0.25) is 0 Å². The Morgan fingerprint density at radius 2 is 1.44 bits per heavy atom. The Morgan fingerprint density at radius 1 is 0.780 bits per heavy atom. The summed E-state index contributed by atoms with van der Waals surface area (Å²) in [5.74, 6) is -8.62. The van der Waals surface area contributed by atoms with Gasteiger partial charge in [-0.05, 0) is 48.0 Å². The number of piperazine rings is 1. The van der Waals surface area contributed by atoms with Crippen molar-refractivity contribution in [3.8, 4) is 16.9 Å². The second-order valence-electron chi connectivity index (χ2n) is 11.2. The van der Waals surface area contributed by atoms with Crippen molar-refractivity contribution in [2.75, 3.05) is 31.1 Å². The van der Waals surface area contributed by atoms with E-state index in [1.807, 2.05) is 29.2 Å². The summed E-state index contributed by atoms with van der Waals surface area (Å²) in [4.78, 5) is 35.5. The van der Waals surface area contributed by atoms with Gasteiger partial charge < -0.3 is 19.5 Å². The van der Waals surface area contributed by atoms with Crippen LogP contribution >= 0.6 is 0 Å². The molecule has 5 aromatic rings. The van der Waals surface area contributed by atoms with E-state index in [2.05, 4.69) is 14.6 Å². The molecule has 1 saturated heterocycles. The largest absolute Gasteiger partial charge is 0.493 e. The molecule has 0 spiro atoms. The second kappa shape index (κ2) is 12.6. The van der Waals surface area contributed by atoms with E-state index < -0.39 is 70.6 Å². The van der Waals surface area contributed by atoms with Crippen molar-refractivity contribution < 1.29 is 63.1 Å². The molecule has 1 fully saturated rings. The number of carbonyl (C=O) groups is 2. The van der Waals surface area contributed by atoms with E-state index in [0.29, 0.717) is 36.0 Å². The van der Waals surface area contributed by atoms with Crippen molar-refractivity contribution in [1.82, 2.24) is 14.6 Å². The van der Waals surface area contributed by atoms with Gasteiger partial charge in [0, 0.05) is 61.1 Å². The highest BCUT2D eigenvalue weighted by Gasteiger charge is 2.44. The van der Waals surface area contributed by atoms with Crippen LogP contribution in [0, 0.1) is 5.82 Å². The van der Waals surface area contributed by atoms with E-state index in [9.17, 15) is 49.1 Å². The van der Waals surface area contributed by atoms with Crippen LogP contribution in [0.3, 0.4) is 0 Å². The average molecular weight is 717 g/mol. The zero-order valence-corrected chi connectivity index (χ0v) is 25.1. The predicted molar refractivity (Wildman–Crippen MR) is 157 cm³/mol. The van der Waals surface area contributed by atoms with Gasteiger partial charge in [-0.2, -0.15) is 44.2 Å². The molecule has 3 heterocycles. The molecule has 1 aliphatic heterocycles. The van der Waals surface area contributed by atoms with Gasteiger partial charge in [0.15, 0.2) is 11.6 Å². The van der Waals surface area contributed by atoms with Crippen molar-refractivity contribution in [3.63, 3.8) is 0 Å². The number of nitrogens with one attached hydrogen (secondary N) is 1. The smallest absolute Gasteiger partial charge is 0.416 e. The maximum absolute atomic E-state index is 15.2. The van der Waals surface area contributed by atoms with Gasteiger partial charge in [-0.1, -0.05) is 18.2 Å². The first-order chi connectivity index (χ1) is 23.4. The molecule has 18 heteroatoms. The minimum Gasteiger partial charge on any atom is -0.416 e. The quantitative estimate of drug-likeness (QED) is 0.113. The fourth-order valence-corrected chi connectivity index (χ4v) is 5.82. The first-order valence-corrected chi connectivity index (χ1v) is 14.6. The van der Waals surface area contributed by atoms with E-state index in [1.54, 1.807) is 11.1 Å². The van der Waals surface area contributed by atoms with Crippen molar-refractivity contribution in [2.45, 2.75) is 25.1 Å². The Kier molecular flexibility index (Phi) is 8.69. The monoisotopic (exact) mass is 716 g/mol. The molecule has 2 aromatic heterocycles. The number of ether oxygens (including phenoxy) is 1. The number of fused-ring (bicyclic) bond motifs is 2. The average Bonchev–Trinajstić information content (AvgIpc) is 3.64. The van der Waals surface area contributed by atoms with Gasteiger partial charge in [0.05, 0.1) is 22.2 Å². The molecule has 50 heavy (non-hydrogen) atoms. The van der Waals surface area contributed by atoms with Crippen LogP contribution in [0.5, 0.6) is 5.75 Å². The summed E-state index contributed by atoms with van der Waals surface area (Å²) in [5.41, 5.74) is -1.12. The summed E-state index contributed by atoms with van der Waals surface area (Å²) >= 11 is 0. The van der Waals surface area contributed by atoms with Crippen LogP contribution in [0.15, 0.2) is 66.9 Å². The van der Waals surface area contributed by atoms with E-state index in [4.69, 9.17) is 0 Å². The van der Waals surface area contributed by atoms with E-state index in [-0.39, 0.29) is 24.3 Å². The van der Waals surface area contributed by atoms with Gasteiger partial charge >= 0.3 is 30.5 Å². The topological polar surface area (TPSA) is 79.8 Å². The number of aromatic nitrogens is 2. The van der Waals surface area contributed by atoms with E-state index in [0.717, 1.165) is 34.8 Å². The Morgan fingerprint density at radius 3 is 2.06 bits per heavy atom.